The van der Waals surface area contributed by atoms with Gasteiger partial charge in [-0.25, -0.2) is 0 Å². The summed E-state index contributed by atoms with van der Waals surface area (Å²) in [6.07, 6.45) is 2.82. The van der Waals surface area contributed by atoms with E-state index >= 15 is 0 Å². The zero-order chi connectivity index (χ0) is 22.5. The highest BCUT2D eigenvalue weighted by molar-refractivity contribution is 5.98. The Morgan fingerprint density at radius 1 is 1.00 bits per heavy atom. The minimum Gasteiger partial charge on any atom is -0.496 e. The van der Waals surface area contributed by atoms with Crippen molar-refractivity contribution in [2.75, 3.05) is 26.7 Å². The van der Waals surface area contributed by atoms with Crippen LogP contribution in [0, 0.1) is 0 Å². The summed E-state index contributed by atoms with van der Waals surface area (Å²) < 4.78 is 7.58. The van der Waals surface area contributed by atoms with Crippen LogP contribution >= 0.6 is 0 Å². The van der Waals surface area contributed by atoms with Crippen molar-refractivity contribution in [3.63, 3.8) is 0 Å². The third-order valence-electron chi connectivity index (χ3n) is 5.92. The highest BCUT2D eigenvalue weighted by atomic mass is 16.5. The fraction of sp³-hybridized carbons (Fsp3) is 0.308. The molecule has 1 aliphatic rings. The smallest absolute Gasteiger partial charge is 0.258 e. The van der Waals surface area contributed by atoms with Gasteiger partial charge in [0, 0.05) is 31.5 Å². The van der Waals surface area contributed by atoms with Crippen molar-refractivity contribution >= 4 is 11.8 Å². The van der Waals surface area contributed by atoms with Crippen LogP contribution in [0.4, 0.5) is 0 Å². The van der Waals surface area contributed by atoms with E-state index in [9.17, 15) is 9.59 Å². The maximum Gasteiger partial charge on any atom is 0.258 e. The quantitative estimate of drug-likeness (QED) is 0.569. The van der Waals surface area contributed by atoms with E-state index in [4.69, 9.17) is 4.74 Å². The molecule has 1 aromatic heterocycles. The first-order chi connectivity index (χ1) is 15.6. The Kier molecular flexibility index (Phi) is 6.59. The second-order valence-corrected chi connectivity index (χ2v) is 7.95. The second kappa shape index (κ2) is 9.73. The molecule has 32 heavy (non-hydrogen) atoms. The number of benzene rings is 2. The first-order valence-corrected chi connectivity index (χ1v) is 11.1. The van der Waals surface area contributed by atoms with Crippen molar-refractivity contribution in [1.82, 2.24) is 14.4 Å². The van der Waals surface area contributed by atoms with Crippen LogP contribution in [0.2, 0.25) is 0 Å². The molecule has 0 saturated carbocycles. The van der Waals surface area contributed by atoms with Crippen molar-refractivity contribution in [3.8, 4) is 5.75 Å². The minimum atomic E-state index is -0.186. The maximum atomic E-state index is 13.6. The van der Waals surface area contributed by atoms with E-state index in [0.717, 1.165) is 24.2 Å². The van der Waals surface area contributed by atoms with E-state index in [-0.39, 0.29) is 24.4 Å². The average Bonchev–Trinajstić information content (AvgIpc) is 3.32. The van der Waals surface area contributed by atoms with Crippen LogP contribution in [0.15, 0.2) is 72.9 Å². The summed E-state index contributed by atoms with van der Waals surface area (Å²) in [4.78, 5) is 30.4. The van der Waals surface area contributed by atoms with Gasteiger partial charge in [0.25, 0.3) is 5.91 Å². The van der Waals surface area contributed by atoms with Gasteiger partial charge in [0.05, 0.1) is 18.7 Å². The summed E-state index contributed by atoms with van der Waals surface area (Å²) >= 11 is 0. The number of nitrogens with zero attached hydrogens (tertiary/aromatic N) is 3. The standard InChI is InChI=1S/C26H29N3O3/c1-3-15-28(26(31)21-12-7-8-14-23(21)32-2)19-24(30)29-18-17-27-16-9-13-22(27)25(29)20-10-5-4-6-11-20/h4-14,16,25H,3,15,17-19H2,1-2H3. The summed E-state index contributed by atoms with van der Waals surface area (Å²) in [5.74, 6) is 0.279. The lowest BCUT2D eigenvalue weighted by Crippen LogP contribution is -2.48. The molecule has 2 heterocycles. The van der Waals surface area contributed by atoms with Crippen molar-refractivity contribution < 1.29 is 14.3 Å². The number of hydrogen-bond donors (Lipinski definition) is 0. The molecule has 0 fully saturated rings. The van der Waals surface area contributed by atoms with E-state index < -0.39 is 0 Å². The molecule has 0 spiro atoms. The van der Waals surface area contributed by atoms with Crippen LogP contribution < -0.4 is 4.74 Å². The van der Waals surface area contributed by atoms with Gasteiger partial charge in [-0.2, -0.15) is 0 Å². The molecule has 3 aromatic rings. The fourth-order valence-corrected chi connectivity index (χ4v) is 4.41. The Bertz CT molecular complexity index is 1080. The number of fused-ring (bicyclic) bond motifs is 1. The number of carbonyl (C=O) groups is 2. The van der Waals surface area contributed by atoms with Crippen LogP contribution in [0.3, 0.4) is 0 Å². The lowest BCUT2D eigenvalue weighted by Gasteiger charge is -2.38. The number of para-hydroxylation sites is 1. The summed E-state index contributed by atoms with van der Waals surface area (Å²) in [5, 5.41) is 0. The number of hydrogen-bond acceptors (Lipinski definition) is 3. The Hall–Kier alpha value is -3.54. The molecule has 2 amide bonds. The molecule has 0 N–H and O–H groups in total. The van der Waals surface area contributed by atoms with Crippen molar-refractivity contribution in [1.29, 1.82) is 0 Å². The van der Waals surface area contributed by atoms with E-state index in [1.807, 2.05) is 48.2 Å². The normalized spacial score (nSPS) is 15.2. The van der Waals surface area contributed by atoms with Crippen LogP contribution in [0.25, 0.3) is 0 Å². The highest BCUT2D eigenvalue weighted by Crippen LogP contribution is 2.32. The van der Waals surface area contributed by atoms with Gasteiger partial charge in [0.1, 0.15) is 12.3 Å². The molecule has 1 unspecified atom stereocenters. The lowest BCUT2D eigenvalue weighted by molar-refractivity contribution is -0.134. The third-order valence-corrected chi connectivity index (χ3v) is 5.92. The third kappa shape index (κ3) is 4.26. The average molecular weight is 432 g/mol. The zero-order valence-electron chi connectivity index (χ0n) is 18.6. The topological polar surface area (TPSA) is 54.8 Å². The van der Waals surface area contributed by atoms with Gasteiger partial charge in [0.15, 0.2) is 0 Å². The minimum absolute atomic E-state index is 0.0365. The molecular formula is C26H29N3O3. The number of amides is 2. The van der Waals surface area contributed by atoms with Crippen LogP contribution in [-0.4, -0.2) is 52.9 Å². The fourth-order valence-electron chi connectivity index (χ4n) is 4.41. The van der Waals surface area contributed by atoms with E-state index in [1.165, 1.54) is 0 Å². The van der Waals surface area contributed by atoms with Gasteiger partial charge in [-0.05, 0) is 36.2 Å². The summed E-state index contributed by atoms with van der Waals surface area (Å²) in [6.45, 7) is 3.89. The Morgan fingerprint density at radius 3 is 2.50 bits per heavy atom. The summed E-state index contributed by atoms with van der Waals surface area (Å²) in [7, 11) is 1.55. The van der Waals surface area contributed by atoms with Crippen molar-refractivity contribution in [3.05, 3.63) is 89.7 Å². The number of ether oxygens (including phenoxy) is 1. The monoisotopic (exact) mass is 431 g/mol. The molecule has 2 aromatic carbocycles. The molecule has 0 bridgehead atoms. The summed E-state index contributed by atoms with van der Waals surface area (Å²) in [5.41, 5.74) is 2.64. The van der Waals surface area contributed by atoms with Gasteiger partial charge in [-0.3, -0.25) is 9.59 Å². The van der Waals surface area contributed by atoms with Crippen molar-refractivity contribution in [2.45, 2.75) is 25.9 Å². The number of carbonyl (C=O) groups excluding carboxylic acids is 2. The number of aromatic nitrogens is 1. The van der Waals surface area contributed by atoms with E-state index in [1.54, 1.807) is 24.1 Å². The van der Waals surface area contributed by atoms with Gasteiger partial charge < -0.3 is 19.1 Å². The molecule has 6 nitrogen and oxygen atoms in total. The first-order valence-electron chi connectivity index (χ1n) is 11.1. The molecule has 0 radical (unpaired) electrons. The second-order valence-electron chi connectivity index (χ2n) is 7.95. The molecule has 4 rings (SSSR count). The SMILES string of the molecule is CCCN(CC(=O)N1CCn2cccc2C1c1ccccc1)C(=O)c1ccccc1OC. The van der Waals surface area contributed by atoms with Crippen molar-refractivity contribution in [2.24, 2.45) is 0 Å². The van der Waals surface area contributed by atoms with Crippen LogP contribution in [0.5, 0.6) is 5.75 Å². The molecule has 0 aliphatic carbocycles. The number of methoxy groups -OCH3 is 1. The Balaban J connectivity index is 1.61. The zero-order valence-corrected chi connectivity index (χ0v) is 18.6. The molecule has 1 aliphatic heterocycles. The lowest BCUT2D eigenvalue weighted by atomic mass is 10.00. The van der Waals surface area contributed by atoms with E-state index in [0.29, 0.717) is 24.4 Å². The molecule has 6 heteroatoms. The predicted octanol–water partition coefficient (Wildman–Crippen LogP) is 3.98. The number of rotatable bonds is 7. The van der Waals surface area contributed by atoms with Crippen LogP contribution in [0.1, 0.15) is 41.0 Å². The van der Waals surface area contributed by atoms with Gasteiger partial charge in [0.2, 0.25) is 5.91 Å². The Morgan fingerprint density at radius 2 is 1.75 bits per heavy atom. The van der Waals surface area contributed by atoms with Gasteiger partial charge >= 0.3 is 0 Å². The Labute approximate surface area is 189 Å². The molecule has 166 valence electrons. The maximum absolute atomic E-state index is 13.6. The van der Waals surface area contributed by atoms with Gasteiger partial charge in [-0.15, -0.1) is 0 Å². The molecule has 0 saturated heterocycles. The molecule has 1 atom stereocenters. The molecular weight excluding hydrogens is 402 g/mol. The van der Waals surface area contributed by atoms with Gasteiger partial charge in [-0.1, -0.05) is 49.4 Å². The highest BCUT2D eigenvalue weighted by Gasteiger charge is 2.33. The first kappa shape index (κ1) is 21.7. The largest absolute Gasteiger partial charge is 0.496 e. The predicted molar refractivity (Wildman–Crippen MR) is 124 cm³/mol. The van der Waals surface area contributed by atoms with Crippen LogP contribution in [-0.2, 0) is 11.3 Å². The summed E-state index contributed by atoms with van der Waals surface area (Å²) in [6, 6.07) is 21.2. The van der Waals surface area contributed by atoms with E-state index in [2.05, 4.69) is 29.0 Å².